The molecule has 0 radical (unpaired) electrons. The Morgan fingerprint density at radius 1 is 0.921 bits per heavy atom. The van der Waals surface area contributed by atoms with Crippen LogP contribution in [-0.2, 0) is 6.54 Å². The van der Waals surface area contributed by atoms with Gasteiger partial charge in [-0.05, 0) is 86.0 Å². The lowest BCUT2D eigenvalue weighted by Gasteiger charge is -2.31. The Kier molecular flexibility index (Phi) is 6.04. The van der Waals surface area contributed by atoms with Gasteiger partial charge in [0, 0.05) is 22.5 Å². The summed E-state index contributed by atoms with van der Waals surface area (Å²) in [6.07, 6.45) is 2.04. The summed E-state index contributed by atoms with van der Waals surface area (Å²) in [5.41, 5.74) is 7.69. The van der Waals surface area contributed by atoms with Crippen molar-refractivity contribution in [1.82, 2.24) is 19.2 Å². The van der Waals surface area contributed by atoms with E-state index in [2.05, 4.69) is 22.0 Å². The van der Waals surface area contributed by atoms with Crippen LogP contribution >= 0.6 is 11.6 Å². The standard InChI is InChI=1S/C31H28ClN5O/c1-20-15-21(2)17-25(16-20)33-31(38)36-19-27-22(3)34-37(26-11-5-4-6-12-26)30(27)35-14-8-13-28(35)29(36)23-9-7-10-24(32)18-23/h4-18,29H,19H2,1-3H3,(H,33,38). The van der Waals surface area contributed by atoms with E-state index in [1.165, 1.54) is 0 Å². The molecule has 0 saturated heterocycles. The molecule has 7 heteroatoms. The van der Waals surface area contributed by atoms with Crippen molar-refractivity contribution in [2.45, 2.75) is 33.4 Å². The fourth-order valence-electron chi connectivity index (χ4n) is 5.42. The van der Waals surface area contributed by atoms with Crippen molar-refractivity contribution in [1.29, 1.82) is 0 Å². The molecule has 0 saturated carbocycles. The number of anilines is 1. The van der Waals surface area contributed by atoms with Gasteiger partial charge in [0.25, 0.3) is 0 Å². The Bertz CT molecular complexity index is 1630. The molecule has 0 spiro atoms. The molecule has 1 N–H and O–H groups in total. The fraction of sp³-hybridized carbons (Fsp3) is 0.161. The molecule has 1 aliphatic rings. The number of carbonyl (C=O) groups is 1. The third-order valence-corrected chi connectivity index (χ3v) is 7.22. The molecular formula is C31H28ClN5O. The number of aromatic nitrogens is 3. The monoisotopic (exact) mass is 521 g/mol. The summed E-state index contributed by atoms with van der Waals surface area (Å²) < 4.78 is 4.12. The lowest BCUT2D eigenvalue weighted by molar-refractivity contribution is 0.194. The zero-order chi connectivity index (χ0) is 26.4. The molecule has 2 aromatic heterocycles. The number of carbonyl (C=O) groups excluding carboxylic acids is 1. The van der Waals surface area contributed by atoms with Gasteiger partial charge in [-0.3, -0.25) is 0 Å². The van der Waals surface area contributed by atoms with Crippen molar-refractivity contribution in [2.75, 3.05) is 5.32 Å². The van der Waals surface area contributed by atoms with Gasteiger partial charge in [-0.1, -0.05) is 48.0 Å². The molecule has 1 unspecified atom stereocenters. The average Bonchev–Trinajstić information content (AvgIpc) is 3.44. The van der Waals surface area contributed by atoms with Crippen molar-refractivity contribution in [3.05, 3.63) is 130 Å². The second kappa shape index (κ2) is 9.54. The number of benzene rings is 3. The molecule has 1 atom stereocenters. The van der Waals surface area contributed by atoms with E-state index in [0.717, 1.165) is 50.8 Å². The van der Waals surface area contributed by atoms with E-state index in [4.69, 9.17) is 16.7 Å². The number of amides is 2. The van der Waals surface area contributed by atoms with Gasteiger partial charge in [0.2, 0.25) is 0 Å². The Balaban J connectivity index is 1.54. The van der Waals surface area contributed by atoms with E-state index in [1.54, 1.807) is 0 Å². The Morgan fingerprint density at radius 2 is 1.68 bits per heavy atom. The Labute approximate surface area is 227 Å². The van der Waals surface area contributed by atoms with Crippen LogP contribution in [0.3, 0.4) is 0 Å². The smallest absolute Gasteiger partial charge is 0.308 e. The summed E-state index contributed by atoms with van der Waals surface area (Å²) in [5.74, 6) is 0.933. The van der Waals surface area contributed by atoms with Gasteiger partial charge >= 0.3 is 6.03 Å². The maximum atomic E-state index is 14.1. The molecule has 1 aliphatic heterocycles. The van der Waals surface area contributed by atoms with E-state index in [0.29, 0.717) is 11.6 Å². The number of hydrogen-bond donors (Lipinski definition) is 1. The first-order valence-electron chi connectivity index (χ1n) is 12.6. The first-order chi connectivity index (χ1) is 18.4. The number of rotatable bonds is 3. The van der Waals surface area contributed by atoms with E-state index in [9.17, 15) is 4.79 Å². The van der Waals surface area contributed by atoms with Gasteiger partial charge in [0.1, 0.15) is 5.82 Å². The summed E-state index contributed by atoms with van der Waals surface area (Å²) >= 11 is 6.46. The number of urea groups is 1. The number of fused-ring (bicyclic) bond motifs is 3. The maximum Gasteiger partial charge on any atom is 0.322 e. The molecule has 38 heavy (non-hydrogen) atoms. The quantitative estimate of drug-likeness (QED) is 0.269. The highest BCUT2D eigenvalue weighted by atomic mass is 35.5. The highest BCUT2D eigenvalue weighted by Gasteiger charge is 2.36. The van der Waals surface area contributed by atoms with Crippen molar-refractivity contribution in [2.24, 2.45) is 0 Å². The molecule has 6 rings (SSSR count). The first kappa shape index (κ1) is 24.1. The van der Waals surface area contributed by atoms with Crippen LogP contribution < -0.4 is 5.32 Å². The van der Waals surface area contributed by atoms with Crippen LogP contribution in [0.1, 0.15) is 39.7 Å². The van der Waals surface area contributed by atoms with Crippen molar-refractivity contribution >= 4 is 23.3 Å². The summed E-state index contributed by atoms with van der Waals surface area (Å²) in [7, 11) is 0. The molecular weight excluding hydrogens is 494 g/mol. The second-order valence-electron chi connectivity index (χ2n) is 9.83. The number of nitrogens with zero attached hydrogens (tertiary/aromatic N) is 4. The minimum Gasteiger partial charge on any atom is -0.308 e. The van der Waals surface area contributed by atoms with E-state index < -0.39 is 0 Å². The van der Waals surface area contributed by atoms with Crippen LogP contribution in [0.15, 0.2) is 91.1 Å². The normalized spacial score (nSPS) is 14.5. The molecule has 3 heterocycles. The predicted molar refractivity (Wildman–Crippen MR) is 151 cm³/mol. The van der Waals surface area contributed by atoms with Crippen LogP contribution in [-0.4, -0.2) is 25.3 Å². The van der Waals surface area contributed by atoms with Gasteiger partial charge in [0.15, 0.2) is 0 Å². The number of aryl methyl sites for hydroxylation is 3. The van der Waals surface area contributed by atoms with Crippen molar-refractivity contribution in [3.8, 4) is 11.5 Å². The summed E-state index contributed by atoms with van der Waals surface area (Å²) in [6.45, 7) is 6.44. The highest BCUT2D eigenvalue weighted by Crippen LogP contribution is 2.39. The molecule has 2 amide bonds. The third kappa shape index (κ3) is 4.27. The molecule has 0 bridgehead atoms. The SMILES string of the molecule is Cc1cc(C)cc(NC(=O)N2Cc3c(C)nn(-c4ccccc4)c3-n3cccc3C2c2cccc(Cl)c2)c1. The van der Waals surface area contributed by atoms with E-state index >= 15 is 0 Å². The molecule has 190 valence electrons. The average molecular weight is 522 g/mol. The largest absolute Gasteiger partial charge is 0.322 e. The van der Waals surface area contributed by atoms with E-state index in [-0.39, 0.29) is 12.1 Å². The van der Waals surface area contributed by atoms with Gasteiger partial charge in [-0.2, -0.15) is 5.10 Å². The Morgan fingerprint density at radius 3 is 2.42 bits per heavy atom. The molecule has 5 aromatic rings. The predicted octanol–water partition coefficient (Wildman–Crippen LogP) is 7.38. The minimum atomic E-state index is -0.370. The lowest BCUT2D eigenvalue weighted by atomic mass is 10.0. The van der Waals surface area contributed by atoms with Gasteiger partial charge in [-0.15, -0.1) is 0 Å². The van der Waals surface area contributed by atoms with Gasteiger partial charge in [-0.25, -0.2) is 9.48 Å². The molecule has 3 aromatic carbocycles. The lowest BCUT2D eigenvalue weighted by Crippen LogP contribution is -2.38. The maximum absolute atomic E-state index is 14.1. The van der Waals surface area contributed by atoms with Gasteiger partial charge < -0.3 is 14.8 Å². The number of para-hydroxylation sites is 1. The van der Waals surface area contributed by atoms with Crippen LogP contribution in [0, 0.1) is 20.8 Å². The van der Waals surface area contributed by atoms with Crippen LogP contribution in [0.2, 0.25) is 5.02 Å². The zero-order valence-corrected chi connectivity index (χ0v) is 22.3. The third-order valence-electron chi connectivity index (χ3n) is 6.99. The first-order valence-corrected chi connectivity index (χ1v) is 13.0. The zero-order valence-electron chi connectivity index (χ0n) is 21.5. The van der Waals surface area contributed by atoms with Crippen LogP contribution in [0.4, 0.5) is 10.5 Å². The molecule has 0 aliphatic carbocycles. The topological polar surface area (TPSA) is 55.1 Å². The summed E-state index contributed by atoms with van der Waals surface area (Å²) in [5, 5.41) is 8.70. The Hall–Kier alpha value is -4.29. The highest BCUT2D eigenvalue weighted by molar-refractivity contribution is 6.30. The van der Waals surface area contributed by atoms with Crippen molar-refractivity contribution < 1.29 is 4.79 Å². The summed E-state index contributed by atoms with van der Waals surface area (Å²) in [4.78, 5) is 16.0. The molecule has 0 fully saturated rings. The molecule has 6 nitrogen and oxygen atoms in total. The van der Waals surface area contributed by atoms with Crippen LogP contribution in [0.5, 0.6) is 0 Å². The number of halogens is 1. The van der Waals surface area contributed by atoms with Crippen molar-refractivity contribution in [3.63, 3.8) is 0 Å². The number of hydrogen-bond acceptors (Lipinski definition) is 2. The van der Waals surface area contributed by atoms with E-state index in [1.807, 2.05) is 109 Å². The second-order valence-corrected chi connectivity index (χ2v) is 10.3. The fourth-order valence-corrected chi connectivity index (χ4v) is 5.62. The number of nitrogens with one attached hydrogen (secondary N) is 1. The van der Waals surface area contributed by atoms with Crippen LogP contribution in [0.25, 0.3) is 11.5 Å². The van der Waals surface area contributed by atoms with Gasteiger partial charge in [0.05, 0.1) is 29.7 Å². The summed E-state index contributed by atoms with van der Waals surface area (Å²) in [6, 6.07) is 27.4. The minimum absolute atomic E-state index is 0.188.